The Kier molecular flexibility index (Phi) is 4.50. The zero-order valence-electron chi connectivity index (χ0n) is 12.6. The van der Waals surface area contributed by atoms with Crippen molar-refractivity contribution >= 4 is 5.91 Å². The Morgan fingerprint density at radius 3 is 2.41 bits per heavy atom. The van der Waals surface area contributed by atoms with E-state index in [0.717, 1.165) is 5.57 Å². The van der Waals surface area contributed by atoms with E-state index in [2.05, 4.69) is 10.3 Å². The van der Waals surface area contributed by atoms with Gasteiger partial charge in [-0.15, -0.1) is 0 Å². The third kappa shape index (κ3) is 3.28. The maximum Gasteiger partial charge on any atom is 0.286 e. The predicted octanol–water partition coefficient (Wildman–Crippen LogP) is 2.42. The normalized spacial score (nSPS) is 10.2. The number of nitrogens with zero attached hydrogens (tertiary/aromatic N) is 2. The van der Waals surface area contributed by atoms with E-state index in [4.69, 9.17) is 0 Å². The van der Waals surface area contributed by atoms with Gasteiger partial charge in [-0.2, -0.15) is 0 Å². The summed E-state index contributed by atoms with van der Waals surface area (Å²) in [6.45, 7) is 5.45. The second-order valence-corrected chi connectivity index (χ2v) is 5.01. The summed E-state index contributed by atoms with van der Waals surface area (Å²) < 4.78 is 14.2. The molecular weight excluding hydrogens is 285 g/mol. The van der Waals surface area contributed by atoms with E-state index in [-0.39, 0.29) is 5.69 Å². The fraction of sp³-hybridized carbons (Fsp3) is 0.188. The molecule has 2 aromatic rings. The third-order valence-electron chi connectivity index (χ3n) is 3.21. The first-order valence-corrected chi connectivity index (χ1v) is 6.69. The molecule has 0 aliphatic rings. The van der Waals surface area contributed by atoms with Gasteiger partial charge in [0.2, 0.25) is 0 Å². The predicted molar refractivity (Wildman–Crippen MR) is 81.3 cm³/mol. The fourth-order valence-corrected chi connectivity index (χ4v) is 1.73. The van der Waals surface area contributed by atoms with Crippen molar-refractivity contribution in [3.63, 3.8) is 0 Å². The minimum Gasteiger partial charge on any atom is -0.325 e. The topological polar surface area (TPSA) is 64.0 Å². The molecule has 22 heavy (non-hydrogen) atoms. The molecule has 5 nitrogen and oxygen atoms in total. The number of hydrogen-bond donors (Lipinski definition) is 1. The Hall–Kier alpha value is -2.76. The van der Waals surface area contributed by atoms with Crippen molar-refractivity contribution in [2.45, 2.75) is 20.8 Å². The van der Waals surface area contributed by atoms with Crippen molar-refractivity contribution < 1.29 is 9.18 Å². The molecule has 0 atom stereocenters. The van der Waals surface area contributed by atoms with Gasteiger partial charge in [0.25, 0.3) is 11.5 Å². The summed E-state index contributed by atoms with van der Waals surface area (Å²) in [7, 11) is 0. The van der Waals surface area contributed by atoms with Gasteiger partial charge in [0.05, 0.1) is 0 Å². The molecular formula is C16H16FN3O2. The summed E-state index contributed by atoms with van der Waals surface area (Å²) in [5.41, 5.74) is 1.29. The largest absolute Gasteiger partial charge is 0.325 e. The summed E-state index contributed by atoms with van der Waals surface area (Å²) in [6, 6.07) is 5.41. The van der Waals surface area contributed by atoms with Crippen molar-refractivity contribution in [1.82, 2.24) is 14.9 Å². The minimum atomic E-state index is -0.569. The number of aromatic nitrogens is 2. The first-order chi connectivity index (χ1) is 10.4. The quantitative estimate of drug-likeness (QED) is 0.947. The van der Waals surface area contributed by atoms with Crippen molar-refractivity contribution in [2.75, 3.05) is 0 Å². The number of benzene rings is 1. The number of carbonyl (C=O) groups excluding carboxylic acids is 1. The first kappa shape index (κ1) is 15.6. The molecule has 0 aliphatic carbocycles. The minimum absolute atomic E-state index is 0.215. The molecule has 1 amide bonds. The van der Waals surface area contributed by atoms with Crippen molar-refractivity contribution in [1.29, 1.82) is 0 Å². The van der Waals surface area contributed by atoms with Crippen LogP contribution in [0.2, 0.25) is 0 Å². The fourth-order valence-electron chi connectivity index (χ4n) is 1.73. The lowest BCUT2D eigenvalue weighted by Gasteiger charge is -2.09. The van der Waals surface area contributed by atoms with E-state index >= 15 is 0 Å². The first-order valence-electron chi connectivity index (χ1n) is 6.69. The zero-order valence-corrected chi connectivity index (χ0v) is 12.6. The molecule has 114 valence electrons. The molecule has 2 rings (SSSR count). The molecule has 0 saturated carbocycles. The van der Waals surface area contributed by atoms with Crippen LogP contribution in [0.25, 0.3) is 5.69 Å². The number of amides is 1. The summed E-state index contributed by atoms with van der Waals surface area (Å²) in [6.07, 6.45) is 2.79. The Bertz CT molecular complexity index is 788. The van der Waals surface area contributed by atoms with Gasteiger partial charge < -0.3 is 5.32 Å². The monoisotopic (exact) mass is 301 g/mol. The van der Waals surface area contributed by atoms with Crippen molar-refractivity contribution in [3.8, 4) is 5.69 Å². The highest BCUT2D eigenvalue weighted by molar-refractivity contribution is 5.93. The van der Waals surface area contributed by atoms with Crippen LogP contribution in [0, 0.1) is 5.82 Å². The van der Waals surface area contributed by atoms with Crippen LogP contribution in [0.1, 0.15) is 31.3 Å². The van der Waals surface area contributed by atoms with E-state index < -0.39 is 17.3 Å². The number of carbonyl (C=O) groups is 1. The zero-order chi connectivity index (χ0) is 16.3. The smallest absolute Gasteiger partial charge is 0.286 e. The van der Waals surface area contributed by atoms with Crippen LogP contribution in [0.3, 0.4) is 0 Å². The number of allylic oxidation sites excluding steroid dienone is 2. The molecule has 0 radical (unpaired) electrons. The number of rotatable bonds is 3. The molecule has 0 unspecified atom stereocenters. The van der Waals surface area contributed by atoms with Gasteiger partial charge in [-0.3, -0.25) is 14.2 Å². The Morgan fingerprint density at radius 2 is 1.82 bits per heavy atom. The van der Waals surface area contributed by atoms with Crippen molar-refractivity contribution in [2.24, 2.45) is 0 Å². The summed E-state index contributed by atoms with van der Waals surface area (Å²) in [5.74, 6) is -0.969. The van der Waals surface area contributed by atoms with Crippen LogP contribution in [0.15, 0.2) is 52.7 Å². The lowest BCUT2D eigenvalue weighted by molar-refractivity contribution is 0.0958. The van der Waals surface area contributed by atoms with Crippen LogP contribution in [0.4, 0.5) is 4.39 Å². The van der Waals surface area contributed by atoms with E-state index in [9.17, 15) is 14.0 Å². The molecule has 1 aromatic carbocycles. The van der Waals surface area contributed by atoms with Crippen LogP contribution in [-0.4, -0.2) is 15.5 Å². The standard InChI is InChI=1S/C16H16FN3O2/c1-10(2)11(3)19-15(21)14-16(22)20(9-8-18-14)13-6-4-12(17)5-7-13/h4-9H,1-3H3,(H,19,21). The Balaban J connectivity index is 2.42. The van der Waals surface area contributed by atoms with Crippen LogP contribution in [-0.2, 0) is 0 Å². The van der Waals surface area contributed by atoms with E-state index in [1.807, 2.05) is 13.8 Å². The second kappa shape index (κ2) is 6.34. The molecule has 0 aliphatic heterocycles. The summed E-state index contributed by atoms with van der Waals surface area (Å²) in [5, 5.41) is 2.63. The molecule has 1 heterocycles. The van der Waals surface area contributed by atoms with E-state index in [0.29, 0.717) is 11.4 Å². The maximum atomic E-state index is 13.0. The van der Waals surface area contributed by atoms with Gasteiger partial charge in [-0.1, -0.05) is 5.57 Å². The van der Waals surface area contributed by atoms with Crippen LogP contribution >= 0.6 is 0 Å². The maximum absolute atomic E-state index is 13.0. The lowest BCUT2D eigenvalue weighted by Crippen LogP contribution is -2.33. The summed E-state index contributed by atoms with van der Waals surface area (Å²) >= 11 is 0. The van der Waals surface area contributed by atoms with Crippen molar-refractivity contribution in [3.05, 3.63) is 69.8 Å². The SMILES string of the molecule is CC(C)=C(C)NC(=O)c1nccn(-c2ccc(F)cc2)c1=O. The molecule has 0 spiro atoms. The average Bonchev–Trinajstić information content (AvgIpc) is 2.48. The number of halogens is 1. The molecule has 1 N–H and O–H groups in total. The third-order valence-corrected chi connectivity index (χ3v) is 3.21. The van der Waals surface area contributed by atoms with Gasteiger partial charge in [-0.05, 0) is 45.0 Å². The van der Waals surface area contributed by atoms with Gasteiger partial charge in [0.1, 0.15) is 5.82 Å². The van der Waals surface area contributed by atoms with Gasteiger partial charge >= 0.3 is 0 Å². The van der Waals surface area contributed by atoms with Gasteiger partial charge in [-0.25, -0.2) is 9.37 Å². The van der Waals surface area contributed by atoms with E-state index in [1.165, 1.54) is 41.2 Å². The molecule has 0 fully saturated rings. The Labute approximate surface area is 127 Å². The highest BCUT2D eigenvalue weighted by Gasteiger charge is 2.15. The second-order valence-electron chi connectivity index (χ2n) is 5.01. The van der Waals surface area contributed by atoms with Gasteiger partial charge in [0.15, 0.2) is 5.69 Å². The van der Waals surface area contributed by atoms with Crippen LogP contribution < -0.4 is 10.9 Å². The molecule has 0 bridgehead atoms. The highest BCUT2D eigenvalue weighted by Crippen LogP contribution is 2.06. The summed E-state index contributed by atoms with van der Waals surface area (Å²) in [4.78, 5) is 28.4. The van der Waals surface area contributed by atoms with Crippen LogP contribution in [0.5, 0.6) is 0 Å². The highest BCUT2D eigenvalue weighted by atomic mass is 19.1. The number of hydrogen-bond acceptors (Lipinski definition) is 3. The Morgan fingerprint density at radius 1 is 1.18 bits per heavy atom. The lowest BCUT2D eigenvalue weighted by atomic mass is 10.2. The number of nitrogens with one attached hydrogen (secondary N) is 1. The molecule has 0 saturated heterocycles. The average molecular weight is 301 g/mol. The molecule has 6 heteroatoms. The van der Waals surface area contributed by atoms with Gasteiger partial charge in [0, 0.05) is 23.8 Å². The van der Waals surface area contributed by atoms with E-state index in [1.54, 1.807) is 6.92 Å². The molecule has 1 aromatic heterocycles.